The van der Waals surface area contributed by atoms with Gasteiger partial charge in [0.2, 0.25) is 5.89 Å². The van der Waals surface area contributed by atoms with Gasteiger partial charge < -0.3 is 18.2 Å². The summed E-state index contributed by atoms with van der Waals surface area (Å²) in [4.78, 5) is 7.02. The highest BCUT2D eigenvalue weighted by Crippen LogP contribution is 2.41. The molecular weight excluding hydrogens is 665 g/mol. The molecule has 54 heavy (non-hydrogen) atoms. The summed E-state index contributed by atoms with van der Waals surface area (Å²) in [5.41, 5.74) is 13.4. The number of fused-ring (bicyclic) bond motifs is 7. The van der Waals surface area contributed by atoms with Gasteiger partial charge in [-0.1, -0.05) is 97.1 Å². The van der Waals surface area contributed by atoms with E-state index in [1.54, 1.807) is 0 Å². The van der Waals surface area contributed by atoms with E-state index in [4.69, 9.17) is 18.2 Å². The van der Waals surface area contributed by atoms with Gasteiger partial charge in [0.1, 0.15) is 27.8 Å². The van der Waals surface area contributed by atoms with E-state index < -0.39 is 0 Å². The van der Waals surface area contributed by atoms with E-state index in [-0.39, 0.29) is 0 Å². The van der Waals surface area contributed by atoms with Gasteiger partial charge in [-0.25, -0.2) is 4.98 Å². The van der Waals surface area contributed by atoms with Gasteiger partial charge >= 0.3 is 0 Å². The van der Waals surface area contributed by atoms with Crippen LogP contribution in [-0.4, -0.2) is 4.98 Å². The van der Waals surface area contributed by atoms with Crippen LogP contribution in [-0.2, 0) is 0 Å². The SMILES string of the molecule is c1ccc(-c2ccc(N(c3ccc(-c4ccc5c(c4)oc4cc6nc(-c7ccccc7)oc6cc45)cc3)c3ccc4c(c3)oc3ccccc34)cc2)cc1. The maximum absolute atomic E-state index is 6.42. The van der Waals surface area contributed by atoms with E-state index in [2.05, 4.69) is 126 Å². The van der Waals surface area contributed by atoms with Crippen LogP contribution in [0.4, 0.5) is 17.1 Å². The third kappa shape index (κ3) is 5.06. The lowest BCUT2D eigenvalue weighted by atomic mass is 10.0. The molecule has 0 N–H and O–H groups in total. The summed E-state index contributed by atoms with van der Waals surface area (Å²) < 4.78 is 18.9. The predicted octanol–water partition coefficient (Wildman–Crippen LogP) is 14.1. The molecule has 0 bridgehead atoms. The van der Waals surface area contributed by atoms with Gasteiger partial charge in [0.25, 0.3) is 0 Å². The van der Waals surface area contributed by atoms with Crippen LogP contribution in [0.1, 0.15) is 0 Å². The van der Waals surface area contributed by atoms with Crippen molar-refractivity contribution in [2.75, 3.05) is 4.90 Å². The summed E-state index contributed by atoms with van der Waals surface area (Å²) in [5.74, 6) is 0.603. The monoisotopic (exact) mass is 694 g/mol. The second-order valence-corrected chi connectivity index (χ2v) is 13.6. The Morgan fingerprint density at radius 2 is 0.833 bits per heavy atom. The number of nitrogens with zero attached hydrogens (tertiary/aromatic N) is 2. The van der Waals surface area contributed by atoms with E-state index >= 15 is 0 Å². The molecule has 254 valence electrons. The molecule has 5 heteroatoms. The summed E-state index contributed by atoms with van der Waals surface area (Å²) in [5, 5.41) is 4.26. The van der Waals surface area contributed by atoms with Crippen molar-refractivity contribution in [2.45, 2.75) is 0 Å². The van der Waals surface area contributed by atoms with Crippen LogP contribution in [0.2, 0.25) is 0 Å². The van der Waals surface area contributed by atoms with E-state index in [1.807, 2.05) is 60.7 Å². The fraction of sp³-hybridized carbons (Fsp3) is 0. The van der Waals surface area contributed by atoms with Crippen molar-refractivity contribution in [2.24, 2.45) is 0 Å². The van der Waals surface area contributed by atoms with Crippen LogP contribution < -0.4 is 4.90 Å². The Hall–Kier alpha value is -7.37. The van der Waals surface area contributed by atoms with Crippen molar-refractivity contribution in [1.82, 2.24) is 4.98 Å². The highest BCUT2D eigenvalue weighted by atomic mass is 16.4. The second-order valence-electron chi connectivity index (χ2n) is 13.6. The Morgan fingerprint density at radius 3 is 1.59 bits per heavy atom. The molecule has 0 unspecified atom stereocenters. The molecule has 8 aromatic carbocycles. The Kier molecular flexibility index (Phi) is 6.79. The van der Waals surface area contributed by atoms with Crippen molar-refractivity contribution in [3.8, 4) is 33.7 Å². The highest BCUT2D eigenvalue weighted by Gasteiger charge is 2.18. The van der Waals surface area contributed by atoms with E-state index in [1.165, 1.54) is 11.1 Å². The van der Waals surface area contributed by atoms with Crippen LogP contribution in [0, 0.1) is 0 Å². The number of benzene rings is 8. The van der Waals surface area contributed by atoms with Gasteiger partial charge in [-0.05, 0) is 95.1 Å². The zero-order valence-corrected chi connectivity index (χ0v) is 28.9. The third-order valence-electron chi connectivity index (χ3n) is 10.3. The molecule has 0 amide bonds. The zero-order valence-electron chi connectivity index (χ0n) is 28.9. The standard InChI is InChI=1S/C49H30N2O3/c1-3-9-31(10-4-1)32-15-20-36(21-16-32)51(38-24-26-40-39-13-7-8-14-44(39)52-46(40)28-38)37-22-17-33(18-23-37)35-19-25-41-42-29-48-43(30-47(42)53-45(41)27-35)50-49(54-48)34-11-5-2-6-12-34/h1-30H. The van der Waals surface area contributed by atoms with Crippen molar-refractivity contribution in [3.05, 3.63) is 182 Å². The number of hydrogen-bond acceptors (Lipinski definition) is 5. The topological polar surface area (TPSA) is 55.6 Å². The third-order valence-corrected chi connectivity index (χ3v) is 10.3. The maximum atomic E-state index is 6.42. The first-order valence-electron chi connectivity index (χ1n) is 18.0. The molecule has 0 radical (unpaired) electrons. The van der Waals surface area contributed by atoms with Crippen LogP contribution in [0.15, 0.2) is 195 Å². The minimum Gasteiger partial charge on any atom is -0.456 e. The lowest BCUT2D eigenvalue weighted by Gasteiger charge is -2.26. The molecule has 3 aromatic heterocycles. The first-order chi connectivity index (χ1) is 26.7. The number of furan rings is 2. The first kappa shape index (κ1) is 30.3. The Morgan fingerprint density at radius 1 is 0.315 bits per heavy atom. The van der Waals surface area contributed by atoms with Crippen LogP contribution >= 0.6 is 0 Å². The Balaban J connectivity index is 0.959. The van der Waals surface area contributed by atoms with Gasteiger partial charge in [0, 0.05) is 56.3 Å². The minimum atomic E-state index is 0.603. The molecule has 0 saturated heterocycles. The van der Waals surface area contributed by atoms with Crippen molar-refractivity contribution < 1.29 is 13.3 Å². The lowest BCUT2D eigenvalue weighted by Crippen LogP contribution is -2.09. The number of para-hydroxylation sites is 1. The minimum absolute atomic E-state index is 0.603. The van der Waals surface area contributed by atoms with Crippen molar-refractivity contribution in [1.29, 1.82) is 0 Å². The summed E-state index contributed by atoms with van der Waals surface area (Å²) in [7, 11) is 0. The van der Waals surface area contributed by atoms with Gasteiger partial charge in [0.15, 0.2) is 5.58 Å². The largest absolute Gasteiger partial charge is 0.456 e. The molecule has 3 heterocycles. The molecule has 0 saturated carbocycles. The highest BCUT2D eigenvalue weighted by molar-refractivity contribution is 6.10. The van der Waals surface area contributed by atoms with Crippen LogP contribution in [0.5, 0.6) is 0 Å². The van der Waals surface area contributed by atoms with Crippen LogP contribution in [0.3, 0.4) is 0 Å². The summed E-state index contributed by atoms with van der Waals surface area (Å²) in [6, 6.07) is 62.9. The molecule has 11 rings (SSSR count). The molecule has 0 atom stereocenters. The second kappa shape index (κ2) is 12.1. The number of aromatic nitrogens is 1. The van der Waals surface area contributed by atoms with Gasteiger partial charge in [-0.2, -0.15) is 0 Å². The normalized spacial score (nSPS) is 11.7. The number of hydrogen-bond donors (Lipinski definition) is 0. The molecule has 0 aliphatic rings. The van der Waals surface area contributed by atoms with Crippen molar-refractivity contribution >= 4 is 72.0 Å². The molecular formula is C49H30N2O3. The first-order valence-corrected chi connectivity index (χ1v) is 18.0. The quantitative estimate of drug-likeness (QED) is 0.173. The van der Waals surface area contributed by atoms with E-state index in [9.17, 15) is 0 Å². The van der Waals surface area contributed by atoms with Gasteiger partial charge in [-0.3, -0.25) is 0 Å². The average Bonchev–Trinajstić information content (AvgIpc) is 3.93. The van der Waals surface area contributed by atoms with Gasteiger partial charge in [0.05, 0.1) is 0 Å². The van der Waals surface area contributed by atoms with E-state index in [0.717, 1.165) is 88.7 Å². The summed E-state index contributed by atoms with van der Waals surface area (Å²) in [6.07, 6.45) is 0. The van der Waals surface area contributed by atoms with Crippen molar-refractivity contribution in [3.63, 3.8) is 0 Å². The molecule has 0 spiro atoms. The molecule has 5 nitrogen and oxygen atoms in total. The molecule has 0 fully saturated rings. The summed E-state index contributed by atoms with van der Waals surface area (Å²) >= 11 is 0. The molecule has 0 aliphatic carbocycles. The fourth-order valence-electron chi connectivity index (χ4n) is 7.62. The Labute approximate surface area is 309 Å². The number of oxazole rings is 1. The lowest BCUT2D eigenvalue weighted by molar-refractivity contribution is 0.620. The predicted molar refractivity (Wildman–Crippen MR) is 220 cm³/mol. The molecule has 0 aliphatic heterocycles. The number of anilines is 3. The zero-order chi connectivity index (χ0) is 35.6. The summed E-state index contributed by atoms with van der Waals surface area (Å²) in [6.45, 7) is 0. The van der Waals surface area contributed by atoms with Crippen LogP contribution in [0.25, 0.3) is 88.7 Å². The maximum Gasteiger partial charge on any atom is 0.227 e. The van der Waals surface area contributed by atoms with E-state index in [0.29, 0.717) is 5.89 Å². The molecule has 11 aromatic rings. The Bertz CT molecular complexity index is 3140. The number of rotatable bonds is 6. The van der Waals surface area contributed by atoms with Gasteiger partial charge in [-0.15, -0.1) is 0 Å². The average molecular weight is 695 g/mol. The smallest absolute Gasteiger partial charge is 0.227 e. The fourth-order valence-corrected chi connectivity index (χ4v) is 7.62.